The van der Waals surface area contributed by atoms with Crippen LogP contribution in [-0.2, 0) is 10.0 Å². The van der Waals surface area contributed by atoms with Gasteiger partial charge in [-0.15, -0.1) is 0 Å². The van der Waals surface area contributed by atoms with Crippen molar-refractivity contribution >= 4 is 10.0 Å². The van der Waals surface area contributed by atoms with Crippen LogP contribution in [0.2, 0.25) is 0 Å². The lowest BCUT2D eigenvalue weighted by Crippen LogP contribution is -2.41. The van der Waals surface area contributed by atoms with E-state index < -0.39 is 10.0 Å². The Morgan fingerprint density at radius 2 is 2.00 bits per heavy atom. The molecule has 0 aromatic rings. The van der Waals surface area contributed by atoms with Gasteiger partial charge >= 0.3 is 0 Å². The Balaban J connectivity index is 2.37. The number of sulfonamides is 1. The molecule has 96 valence electrons. The van der Waals surface area contributed by atoms with Crippen molar-refractivity contribution in [3.63, 3.8) is 0 Å². The largest absolute Gasteiger partial charge is 0.312 e. The number of nitrogens with one attached hydrogen (secondary N) is 1. The molecule has 1 aliphatic rings. The molecule has 0 aromatic heterocycles. The van der Waals surface area contributed by atoms with E-state index >= 15 is 0 Å². The van der Waals surface area contributed by atoms with Gasteiger partial charge in [-0.05, 0) is 39.7 Å². The van der Waals surface area contributed by atoms with Crippen molar-refractivity contribution < 1.29 is 8.42 Å². The van der Waals surface area contributed by atoms with Crippen LogP contribution in [0.4, 0.5) is 0 Å². The van der Waals surface area contributed by atoms with Crippen LogP contribution in [0.15, 0.2) is 0 Å². The van der Waals surface area contributed by atoms with Crippen molar-refractivity contribution in [2.75, 3.05) is 25.4 Å². The lowest BCUT2D eigenvalue weighted by atomic mass is 10.1. The molecule has 1 unspecified atom stereocenters. The normalized spacial score (nSPS) is 23.5. The summed E-state index contributed by atoms with van der Waals surface area (Å²) >= 11 is 0. The van der Waals surface area contributed by atoms with Crippen LogP contribution in [0.3, 0.4) is 0 Å². The Hall–Kier alpha value is -0.130. The van der Waals surface area contributed by atoms with Crippen LogP contribution in [0.5, 0.6) is 0 Å². The summed E-state index contributed by atoms with van der Waals surface area (Å²) < 4.78 is 24.8. The maximum Gasteiger partial charge on any atom is 0.214 e. The molecule has 1 rings (SSSR count). The van der Waals surface area contributed by atoms with Gasteiger partial charge in [-0.2, -0.15) is 0 Å². The second-order valence-electron chi connectivity index (χ2n) is 5.76. The minimum Gasteiger partial charge on any atom is -0.312 e. The van der Waals surface area contributed by atoms with E-state index in [4.69, 9.17) is 0 Å². The summed E-state index contributed by atoms with van der Waals surface area (Å²) in [6.45, 7) is 10.6. The maximum absolute atomic E-state index is 11.6. The smallest absolute Gasteiger partial charge is 0.214 e. The first-order chi connectivity index (χ1) is 7.21. The van der Waals surface area contributed by atoms with E-state index in [0.717, 1.165) is 13.0 Å². The minimum atomic E-state index is -2.93. The third-order valence-corrected chi connectivity index (χ3v) is 4.62. The van der Waals surface area contributed by atoms with E-state index in [1.165, 1.54) is 0 Å². The van der Waals surface area contributed by atoms with Gasteiger partial charge in [0.2, 0.25) is 10.0 Å². The fourth-order valence-corrected chi connectivity index (χ4v) is 3.43. The van der Waals surface area contributed by atoms with Gasteiger partial charge in [0.05, 0.1) is 5.75 Å². The second kappa shape index (κ2) is 5.02. The topological polar surface area (TPSA) is 49.4 Å². The summed E-state index contributed by atoms with van der Waals surface area (Å²) in [6.07, 6.45) is 0.780. The highest BCUT2D eigenvalue weighted by Crippen LogP contribution is 2.15. The first kappa shape index (κ1) is 13.9. The van der Waals surface area contributed by atoms with Crippen molar-refractivity contribution in [2.24, 2.45) is 5.92 Å². The van der Waals surface area contributed by atoms with Crippen LogP contribution >= 0.6 is 0 Å². The minimum absolute atomic E-state index is 0.0954. The molecule has 0 spiro atoms. The molecule has 0 amide bonds. The van der Waals surface area contributed by atoms with Gasteiger partial charge in [0.1, 0.15) is 0 Å². The van der Waals surface area contributed by atoms with Crippen LogP contribution in [0.1, 0.15) is 34.1 Å². The molecule has 0 aromatic carbocycles. The standard InChI is InChI=1S/C11H24N2O2S/c1-10(8-12-11(2,3)4)9-13-6-5-7-16(13,14)15/h10,12H,5-9H2,1-4H3. The average molecular weight is 248 g/mol. The van der Waals surface area contributed by atoms with E-state index in [1.54, 1.807) is 4.31 Å². The molecule has 0 bridgehead atoms. The molecule has 5 heteroatoms. The van der Waals surface area contributed by atoms with Gasteiger partial charge in [0.15, 0.2) is 0 Å². The van der Waals surface area contributed by atoms with E-state index in [2.05, 4.69) is 33.0 Å². The predicted molar refractivity (Wildman–Crippen MR) is 66.9 cm³/mol. The molecule has 1 N–H and O–H groups in total. The summed E-state index contributed by atoms with van der Waals surface area (Å²) in [7, 11) is -2.93. The van der Waals surface area contributed by atoms with Gasteiger partial charge in [0, 0.05) is 18.6 Å². The average Bonchev–Trinajstić information content (AvgIpc) is 2.42. The van der Waals surface area contributed by atoms with Gasteiger partial charge in [-0.1, -0.05) is 6.92 Å². The third-order valence-electron chi connectivity index (χ3n) is 2.70. The lowest BCUT2D eigenvalue weighted by Gasteiger charge is -2.25. The number of hydrogen-bond donors (Lipinski definition) is 1. The van der Waals surface area contributed by atoms with Gasteiger partial charge in [-0.25, -0.2) is 12.7 Å². The molecule has 0 aliphatic carbocycles. The zero-order valence-electron chi connectivity index (χ0n) is 10.8. The third kappa shape index (κ3) is 4.39. The number of rotatable bonds is 4. The van der Waals surface area contributed by atoms with E-state index in [9.17, 15) is 8.42 Å². The van der Waals surface area contributed by atoms with Crippen molar-refractivity contribution in [3.05, 3.63) is 0 Å². The molecule has 0 saturated carbocycles. The predicted octanol–water partition coefficient (Wildman–Crippen LogP) is 1.05. The zero-order chi connectivity index (χ0) is 12.4. The molecular weight excluding hydrogens is 224 g/mol. The Morgan fingerprint density at radius 1 is 1.38 bits per heavy atom. The Bertz CT molecular complexity index is 319. The molecule has 0 radical (unpaired) electrons. The van der Waals surface area contributed by atoms with Gasteiger partial charge in [-0.3, -0.25) is 0 Å². The van der Waals surface area contributed by atoms with E-state index in [1.807, 2.05) is 0 Å². The van der Waals surface area contributed by atoms with E-state index in [0.29, 0.717) is 24.8 Å². The highest BCUT2D eigenvalue weighted by molar-refractivity contribution is 7.89. The maximum atomic E-state index is 11.6. The quantitative estimate of drug-likeness (QED) is 0.809. The first-order valence-electron chi connectivity index (χ1n) is 5.93. The summed E-state index contributed by atoms with van der Waals surface area (Å²) in [4.78, 5) is 0. The molecule has 1 saturated heterocycles. The fourth-order valence-electron chi connectivity index (χ4n) is 1.79. The van der Waals surface area contributed by atoms with Crippen LogP contribution < -0.4 is 5.32 Å². The molecule has 1 heterocycles. The molecule has 1 atom stereocenters. The summed E-state index contributed by atoms with van der Waals surface area (Å²) in [5.41, 5.74) is 0.0954. The zero-order valence-corrected chi connectivity index (χ0v) is 11.6. The van der Waals surface area contributed by atoms with Gasteiger partial charge in [0.25, 0.3) is 0 Å². The molecule has 16 heavy (non-hydrogen) atoms. The lowest BCUT2D eigenvalue weighted by molar-refractivity contribution is 0.330. The van der Waals surface area contributed by atoms with Crippen molar-refractivity contribution in [3.8, 4) is 0 Å². The van der Waals surface area contributed by atoms with Crippen molar-refractivity contribution in [1.29, 1.82) is 0 Å². The second-order valence-corrected chi connectivity index (χ2v) is 7.85. The van der Waals surface area contributed by atoms with Crippen molar-refractivity contribution in [1.82, 2.24) is 9.62 Å². The summed E-state index contributed by atoms with van der Waals surface area (Å²) in [6, 6.07) is 0. The monoisotopic (exact) mass is 248 g/mol. The van der Waals surface area contributed by atoms with E-state index in [-0.39, 0.29) is 5.54 Å². The SMILES string of the molecule is CC(CNC(C)(C)C)CN1CCCS1(=O)=O. The van der Waals surface area contributed by atoms with Crippen molar-refractivity contribution in [2.45, 2.75) is 39.7 Å². The van der Waals surface area contributed by atoms with Crippen LogP contribution in [0, 0.1) is 5.92 Å². The van der Waals surface area contributed by atoms with Gasteiger partial charge < -0.3 is 5.32 Å². The molecule has 1 aliphatic heterocycles. The Kier molecular flexibility index (Phi) is 4.37. The van der Waals surface area contributed by atoms with Crippen LogP contribution in [-0.4, -0.2) is 43.6 Å². The summed E-state index contributed by atoms with van der Waals surface area (Å²) in [5.74, 6) is 0.680. The Labute approximate surface area is 99.5 Å². The Morgan fingerprint density at radius 3 is 2.44 bits per heavy atom. The number of nitrogens with zero attached hydrogens (tertiary/aromatic N) is 1. The molecular formula is C11H24N2O2S. The highest BCUT2D eigenvalue weighted by atomic mass is 32.2. The van der Waals surface area contributed by atoms with Crippen LogP contribution in [0.25, 0.3) is 0 Å². The fraction of sp³-hybridized carbons (Fsp3) is 1.00. The highest BCUT2D eigenvalue weighted by Gasteiger charge is 2.29. The summed E-state index contributed by atoms with van der Waals surface area (Å²) in [5, 5.41) is 3.40. The molecule has 1 fully saturated rings. The first-order valence-corrected chi connectivity index (χ1v) is 7.54. The number of hydrogen-bond acceptors (Lipinski definition) is 3. The molecule has 4 nitrogen and oxygen atoms in total.